The summed E-state index contributed by atoms with van der Waals surface area (Å²) in [7, 11) is 0. The fraction of sp³-hybridized carbons (Fsp3) is 0.167. The summed E-state index contributed by atoms with van der Waals surface area (Å²) in [6, 6.07) is 3.46. The van der Waals surface area contributed by atoms with E-state index in [0.717, 1.165) is 18.0 Å². The predicted octanol–water partition coefficient (Wildman–Crippen LogP) is 0.996. The molecule has 0 aliphatic heterocycles. The summed E-state index contributed by atoms with van der Waals surface area (Å²) in [5.41, 5.74) is -0.273. The predicted molar refractivity (Wildman–Crippen MR) is 69.4 cm³/mol. The zero-order chi connectivity index (χ0) is 14.5. The largest absolute Gasteiger partial charge is 0.502 e. The van der Waals surface area contributed by atoms with Crippen molar-refractivity contribution in [3.63, 3.8) is 0 Å². The SMILES string of the molecule is O=C(NCCc1ncc[nH]1)c1ccc([N+](=O)[O-])c(O)c1. The number of rotatable bonds is 5. The van der Waals surface area contributed by atoms with E-state index in [0.29, 0.717) is 13.0 Å². The highest BCUT2D eigenvalue weighted by Gasteiger charge is 2.15. The lowest BCUT2D eigenvalue weighted by Crippen LogP contribution is -2.25. The number of phenolic OH excluding ortho intramolecular Hbond substituents is 1. The number of nitro groups is 1. The van der Waals surface area contributed by atoms with E-state index in [9.17, 15) is 20.0 Å². The molecule has 0 saturated heterocycles. The van der Waals surface area contributed by atoms with Gasteiger partial charge in [0.1, 0.15) is 5.82 Å². The summed E-state index contributed by atoms with van der Waals surface area (Å²) in [6.45, 7) is 0.365. The van der Waals surface area contributed by atoms with Crippen molar-refractivity contribution in [3.8, 4) is 5.75 Å². The summed E-state index contributed by atoms with van der Waals surface area (Å²) in [5, 5.41) is 22.6. The Morgan fingerprint density at radius 3 is 2.90 bits per heavy atom. The van der Waals surface area contributed by atoms with E-state index in [-0.39, 0.29) is 5.56 Å². The molecule has 0 aliphatic rings. The minimum atomic E-state index is -0.714. The summed E-state index contributed by atoms with van der Waals surface area (Å²) < 4.78 is 0. The third kappa shape index (κ3) is 3.10. The lowest BCUT2D eigenvalue weighted by molar-refractivity contribution is -0.385. The number of phenols is 1. The first-order chi connectivity index (χ1) is 9.58. The highest BCUT2D eigenvalue weighted by molar-refractivity contribution is 5.95. The standard InChI is InChI=1S/C12H12N4O4/c17-10-7-8(1-2-9(10)16(19)20)12(18)15-4-3-11-13-5-6-14-11/h1-2,5-7,17H,3-4H2,(H,13,14)(H,15,18). The number of carbonyl (C=O) groups excluding carboxylic acids is 1. The Kier molecular flexibility index (Phi) is 3.94. The first kappa shape index (κ1) is 13.5. The van der Waals surface area contributed by atoms with Crippen molar-refractivity contribution in [2.24, 2.45) is 0 Å². The summed E-state index contributed by atoms with van der Waals surface area (Å²) in [5.74, 6) is -0.202. The van der Waals surface area contributed by atoms with Gasteiger partial charge in [-0.05, 0) is 12.1 Å². The average Bonchev–Trinajstić information content (AvgIpc) is 2.91. The van der Waals surface area contributed by atoms with Gasteiger partial charge in [-0.1, -0.05) is 0 Å². The molecule has 0 spiro atoms. The van der Waals surface area contributed by atoms with E-state index in [2.05, 4.69) is 15.3 Å². The molecule has 8 nitrogen and oxygen atoms in total. The van der Waals surface area contributed by atoms with Crippen LogP contribution in [0, 0.1) is 10.1 Å². The number of H-pyrrole nitrogens is 1. The second-order valence-electron chi connectivity index (χ2n) is 4.00. The monoisotopic (exact) mass is 276 g/mol. The molecule has 0 bridgehead atoms. The number of hydrogen-bond acceptors (Lipinski definition) is 5. The van der Waals surface area contributed by atoms with Gasteiger partial charge in [-0.15, -0.1) is 0 Å². The molecule has 1 amide bonds. The third-order valence-electron chi connectivity index (χ3n) is 2.64. The van der Waals surface area contributed by atoms with Gasteiger partial charge in [-0.25, -0.2) is 4.98 Å². The molecule has 0 unspecified atom stereocenters. The lowest BCUT2D eigenvalue weighted by Gasteiger charge is -2.04. The van der Waals surface area contributed by atoms with Crippen LogP contribution in [0.4, 0.5) is 5.69 Å². The Morgan fingerprint density at radius 2 is 2.30 bits per heavy atom. The average molecular weight is 276 g/mol. The lowest BCUT2D eigenvalue weighted by atomic mass is 10.1. The number of aromatic amines is 1. The first-order valence-corrected chi connectivity index (χ1v) is 5.82. The van der Waals surface area contributed by atoms with Crippen LogP contribution in [0.1, 0.15) is 16.2 Å². The Balaban J connectivity index is 1.95. The zero-order valence-electron chi connectivity index (χ0n) is 10.4. The van der Waals surface area contributed by atoms with Gasteiger partial charge in [0.2, 0.25) is 0 Å². The van der Waals surface area contributed by atoms with Crippen LogP contribution in [0.15, 0.2) is 30.6 Å². The van der Waals surface area contributed by atoms with Gasteiger partial charge in [0.15, 0.2) is 5.75 Å². The summed E-state index contributed by atoms with van der Waals surface area (Å²) >= 11 is 0. The van der Waals surface area contributed by atoms with E-state index in [1.165, 1.54) is 6.07 Å². The van der Waals surface area contributed by atoms with E-state index in [1.807, 2.05) is 0 Å². The molecule has 8 heteroatoms. The van der Waals surface area contributed by atoms with Crippen LogP contribution in [0.3, 0.4) is 0 Å². The number of aromatic hydroxyl groups is 1. The Hall–Kier alpha value is -2.90. The highest BCUT2D eigenvalue weighted by atomic mass is 16.6. The number of carbonyl (C=O) groups is 1. The zero-order valence-corrected chi connectivity index (χ0v) is 10.4. The van der Waals surface area contributed by atoms with E-state index < -0.39 is 22.3 Å². The van der Waals surface area contributed by atoms with Crippen LogP contribution in [-0.2, 0) is 6.42 Å². The molecule has 104 valence electrons. The van der Waals surface area contributed by atoms with Crippen molar-refractivity contribution < 1.29 is 14.8 Å². The van der Waals surface area contributed by atoms with Crippen LogP contribution in [0.25, 0.3) is 0 Å². The van der Waals surface area contributed by atoms with Crippen LogP contribution in [0.2, 0.25) is 0 Å². The van der Waals surface area contributed by atoms with Crippen LogP contribution >= 0.6 is 0 Å². The molecule has 1 heterocycles. The van der Waals surface area contributed by atoms with Gasteiger partial charge in [-0.2, -0.15) is 0 Å². The maximum absolute atomic E-state index is 11.8. The molecule has 0 fully saturated rings. The molecule has 3 N–H and O–H groups in total. The second-order valence-corrected chi connectivity index (χ2v) is 4.00. The maximum Gasteiger partial charge on any atom is 0.310 e. The maximum atomic E-state index is 11.8. The molecule has 1 aromatic carbocycles. The van der Waals surface area contributed by atoms with Crippen molar-refractivity contribution in [3.05, 3.63) is 52.1 Å². The minimum absolute atomic E-state index is 0.160. The fourth-order valence-corrected chi connectivity index (χ4v) is 1.65. The Morgan fingerprint density at radius 1 is 1.50 bits per heavy atom. The van der Waals surface area contributed by atoms with E-state index >= 15 is 0 Å². The molecular formula is C12H12N4O4. The van der Waals surface area contributed by atoms with Gasteiger partial charge in [-0.3, -0.25) is 14.9 Å². The molecule has 0 radical (unpaired) electrons. The molecule has 0 saturated carbocycles. The number of hydrogen-bond donors (Lipinski definition) is 3. The minimum Gasteiger partial charge on any atom is -0.502 e. The van der Waals surface area contributed by atoms with Crippen molar-refractivity contribution in [1.82, 2.24) is 15.3 Å². The number of nitrogens with one attached hydrogen (secondary N) is 2. The van der Waals surface area contributed by atoms with E-state index in [1.54, 1.807) is 12.4 Å². The van der Waals surface area contributed by atoms with Crippen LogP contribution in [0.5, 0.6) is 5.75 Å². The molecule has 20 heavy (non-hydrogen) atoms. The van der Waals surface area contributed by atoms with Gasteiger partial charge in [0.25, 0.3) is 5.91 Å². The molecule has 2 aromatic rings. The van der Waals surface area contributed by atoms with Crippen molar-refractivity contribution in [2.45, 2.75) is 6.42 Å². The quantitative estimate of drug-likeness (QED) is 0.555. The van der Waals surface area contributed by atoms with Crippen molar-refractivity contribution in [1.29, 1.82) is 0 Å². The molecular weight excluding hydrogens is 264 g/mol. The topological polar surface area (TPSA) is 121 Å². The van der Waals surface area contributed by atoms with Crippen LogP contribution in [-0.4, -0.2) is 32.4 Å². The Labute approximate surface area is 113 Å². The Bertz CT molecular complexity index is 624. The van der Waals surface area contributed by atoms with Gasteiger partial charge in [0, 0.05) is 37.0 Å². The molecule has 0 aliphatic carbocycles. The van der Waals surface area contributed by atoms with Gasteiger partial charge in [0.05, 0.1) is 4.92 Å². The number of aromatic nitrogens is 2. The molecule has 1 aromatic heterocycles. The fourth-order valence-electron chi connectivity index (χ4n) is 1.65. The number of nitrogens with zero attached hydrogens (tertiary/aromatic N) is 2. The van der Waals surface area contributed by atoms with Gasteiger partial charge < -0.3 is 15.4 Å². The number of amides is 1. The third-order valence-corrected chi connectivity index (χ3v) is 2.64. The van der Waals surface area contributed by atoms with Crippen molar-refractivity contribution >= 4 is 11.6 Å². The van der Waals surface area contributed by atoms with Crippen molar-refractivity contribution in [2.75, 3.05) is 6.54 Å². The smallest absolute Gasteiger partial charge is 0.310 e. The summed E-state index contributed by atoms with van der Waals surface area (Å²) in [4.78, 5) is 28.5. The number of nitro benzene ring substituents is 1. The molecule has 2 rings (SSSR count). The highest BCUT2D eigenvalue weighted by Crippen LogP contribution is 2.26. The number of imidazole rings is 1. The normalized spacial score (nSPS) is 10.2. The number of benzene rings is 1. The molecule has 0 atom stereocenters. The van der Waals surface area contributed by atoms with E-state index in [4.69, 9.17) is 0 Å². The summed E-state index contributed by atoms with van der Waals surface area (Å²) in [6.07, 6.45) is 3.84. The first-order valence-electron chi connectivity index (χ1n) is 5.82. The van der Waals surface area contributed by atoms with Crippen LogP contribution < -0.4 is 5.32 Å². The second kappa shape index (κ2) is 5.83. The van der Waals surface area contributed by atoms with Gasteiger partial charge >= 0.3 is 5.69 Å².